The Kier molecular flexibility index (Phi) is 5.64. The Bertz CT molecular complexity index is 1200. The second-order valence-electron chi connectivity index (χ2n) is 6.85. The molecule has 12 heteroatoms. The van der Waals surface area contributed by atoms with Crippen LogP contribution in [0.2, 0.25) is 0 Å². The quantitative estimate of drug-likeness (QED) is 0.698. The molecule has 0 aliphatic carbocycles. The fourth-order valence-electron chi connectivity index (χ4n) is 3.42. The molecule has 0 saturated carbocycles. The first-order chi connectivity index (χ1) is 14.2. The molecule has 1 fully saturated rings. The molecule has 0 atom stereocenters. The van der Waals surface area contributed by atoms with Crippen LogP contribution in [0.4, 0.5) is 5.69 Å². The van der Waals surface area contributed by atoms with Gasteiger partial charge in [-0.05, 0) is 24.3 Å². The van der Waals surface area contributed by atoms with Crippen molar-refractivity contribution in [3.8, 4) is 5.75 Å². The lowest BCUT2D eigenvalue weighted by Gasteiger charge is -2.34. The zero-order valence-electron chi connectivity index (χ0n) is 16.1. The molecule has 2 aliphatic heterocycles. The molecule has 1 aromatic heterocycles. The van der Waals surface area contributed by atoms with Crippen molar-refractivity contribution in [2.45, 2.75) is 8.42 Å². The number of morpholine rings is 1. The first-order valence-corrected chi connectivity index (χ1v) is 12.9. The number of nitrogens with two attached hydrogens (primary N) is 1. The Balaban J connectivity index is 1.86. The van der Waals surface area contributed by atoms with Crippen LogP contribution in [0.1, 0.15) is 5.56 Å². The third kappa shape index (κ3) is 3.98. The number of anilines is 1. The molecule has 0 amide bonds. The van der Waals surface area contributed by atoms with Gasteiger partial charge in [-0.2, -0.15) is 8.42 Å². The Labute approximate surface area is 179 Å². The third-order valence-corrected chi connectivity index (χ3v) is 9.70. The molecule has 4 rings (SSSR count). The minimum absolute atomic E-state index is 0.0555. The summed E-state index contributed by atoms with van der Waals surface area (Å²) in [5.41, 5.74) is 1.24. The summed E-state index contributed by atoms with van der Waals surface area (Å²) in [6, 6.07) is 8.04. The highest BCUT2D eigenvalue weighted by atomic mass is 32.3. The fraction of sp³-hybridized carbons (Fsp3) is 0.333. The van der Waals surface area contributed by atoms with Crippen molar-refractivity contribution in [2.75, 3.05) is 44.3 Å². The van der Waals surface area contributed by atoms with Gasteiger partial charge in [0.2, 0.25) is 10.0 Å². The minimum atomic E-state index is -4.05. The Morgan fingerprint density at radius 1 is 1.23 bits per heavy atom. The van der Waals surface area contributed by atoms with E-state index in [4.69, 9.17) is 14.6 Å². The largest absolute Gasteiger partial charge is 0.497 e. The number of methoxy groups -OCH3 is 1. The molecule has 0 bridgehead atoms. The highest BCUT2D eigenvalue weighted by Crippen LogP contribution is 2.41. The number of ether oxygens (including phenoxy) is 2. The number of hydrogen-bond acceptors (Lipinski definition) is 8. The molecule has 1 aromatic carbocycles. The van der Waals surface area contributed by atoms with Crippen LogP contribution in [-0.4, -0.2) is 61.7 Å². The van der Waals surface area contributed by atoms with Gasteiger partial charge in [0, 0.05) is 37.0 Å². The highest BCUT2D eigenvalue weighted by molar-refractivity contribution is 7.96. The average Bonchev–Trinajstić information content (AvgIpc) is 3.14. The van der Waals surface area contributed by atoms with E-state index in [2.05, 4.69) is 4.90 Å². The molecule has 0 radical (unpaired) electrons. The van der Waals surface area contributed by atoms with E-state index in [0.29, 0.717) is 66.9 Å². The number of hydrogen-bond donors (Lipinski definition) is 1. The second-order valence-corrected chi connectivity index (χ2v) is 11.7. The van der Waals surface area contributed by atoms with Gasteiger partial charge in [-0.3, -0.25) is 4.90 Å². The van der Waals surface area contributed by atoms with Crippen molar-refractivity contribution in [3.05, 3.63) is 41.6 Å². The van der Waals surface area contributed by atoms with Crippen LogP contribution in [0.15, 0.2) is 44.4 Å². The summed E-state index contributed by atoms with van der Waals surface area (Å²) in [5.74, 6) is 0.510. The van der Waals surface area contributed by atoms with Gasteiger partial charge in [0.15, 0.2) is 0 Å². The molecule has 9 nitrogen and oxygen atoms in total. The monoisotopic (exact) mass is 471 g/mol. The molecule has 2 aromatic rings. The Hall–Kier alpha value is -1.96. The first-order valence-electron chi connectivity index (χ1n) is 9.07. The molecular formula is C18H21N3O6S3. The smallest absolute Gasteiger partial charge is 0.278 e. The van der Waals surface area contributed by atoms with Crippen LogP contribution in [0.3, 0.4) is 0 Å². The maximum atomic E-state index is 13.6. The molecular weight excluding hydrogens is 450 g/mol. The summed E-state index contributed by atoms with van der Waals surface area (Å²) in [7, 11) is -6.57. The number of benzene rings is 1. The van der Waals surface area contributed by atoms with E-state index < -0.39 is 20.0 Å². The number of primary sulfonamides is 1. The van der Waals surface area contributed by atoms with Crippen molar-refractivity contribution in [3.63, 3.8) is 0 Å². The van der Waals surface area contributed by atoms with Gasteiger partial charge in [0.05, 0.1) is 26.0 Å². The summed E-state index contributed by atoms with van der Waals surface area (Å²) in [6.45, 7) is 2.83. The van der Waals surface area contributed by atoms with Crippen molar-refractivity contribution < 1.29 is 26.3 Å². The second kappa shape index (κ2) is 7.94. The van der Waals surface area contributed by atoms with E-state index in [-0.39, 0.29) is 8.42 Å². The van der Waals surface area contributed by atoms with E-state index >= 15 is 0 Å². The van der Waals surface area contributed by atoms with Gasteiger partial charge in [0.25, 0.3) is 10.0 Å². The van der Waals surface area contributed by atoms with Crippen LogP contribution in [0.25, 0.3) is 6.08 Å². The lowest BCUT2D eigenvalue weighted by atomic mass is 10.2. The summed E-state index contributed by atoms with van der Waals surface area (Å²) in [5, 5.41) is 5.24. The predicted octanol–water partition coefficient (Wildman–Crippen LogP) is 1.29. The van der Waals surface area contributed by atoms with Crippen molar-refractivity contribution in [1.29, 1.82) is 0 Å². The van der Waals surface area contributed by atoms with Crippen LogP contribution >= 0.6 is 11.3 Å². The van der Waals surface area contributed by atoms with Crippen LogP contribution in [0, 0.1) is 0 Å². The van der Waals surface area contributed by atoms with Crippen LogP contribution in [-0.2, 0) is 24.8 Å². The normalized spacial score (nSPS) is 19.3. The van der Waals surface area contributed by atoms with Crippen LogP contribution < -0.4 is 14.2 Å². The highest BCUT2D eigenvalue weighted by Gasteiger charge is 2.37. The lowest BCUT2D eigenvalue weighted by Crippen LogP contribution is -2.42. The number of rotatable bonds is 5. The van der Waals surface area contributed by atoms with E-state index in [1.165, 1.54) is 17.5 Å². The Morgan fingerprint density at radius 3 is 2.63 bits per heavy atom. The van der Waals surface area contributed by atoms with Gasteiger partial charge in [-0.25, -0.2) is 17.9 Å². The molecule has 0 unspecified atom stereocenters. The minimum Gasteiger partial charge on any atom is -0.497 e. The molecule has 1 saturated heterocycles. The zero-order valence-corrected chi connectivity index (χ0v) is 18.6. The van der Waals surface area contributed by atoms with E-state index in [0.717, 1.165) is 0 Å². The lowest BCUT2D eigenvalue weighted by molar-refractivity contribution is 0.0423. The summed E-state index contributed by atoms with van der Waals surface area (Å²) in [6.07, 6.45) is 1.70. The summed E-state index contributed by atoms with van der Waals surface area (Å²) in [4.78, 5) is 2.09. The van der Waals surface area contributed by atoms with E-state index in [1.807, 2.05) is 0 Å². The van der Waals surface area contributed by atoms with Crippen molar-refractivity contribution in [2.24, 2.45) is 5.14 Å². The molecule has 3 heterocycles. The standard InChI is InChI=1S/C18H21N3O6S3/c1-26-16-4-2-3-14(11-16)21-15(12-20-5-7-27-8-6-20)9-13-10-17(29(19,22)23)28-18(13)30(21,24)25/h2-4,9-11H,5-8,12H2,1H3,(H2,19,22,23). The summed E-state index contributed by atoms with van der Waals surface area (Å²) >= 11 is 0.654. The molecule has 30 heavy (non-hydrogen) atoms. The molecule has 162 valence electrons. The third-order valence-electron chi connectivity index (χ3n) is 4.82. The SMILES string of the molecule is COc1cccc(N2C(CN3CCOCC3)=Cc3cc(S(N)(=O)=O)sc3S2(=O)=O)c1. The topological polar surface area (TPSA) is 119 Å². The molecule has 2 aliphatic rings. The summed E-state index contributed by atoms with van der Waals surface area (Å²) < 4.78 is 62.4. The molecule has 0 spiro atoms. The van der Waals surface area contributed by atoms with Crippen LogP contribution in [0.5, 0.6) is 5.75 Å². The first kappa shape index (κ1) is 21.3. The van der Waals surface area contributed by atoms with E-state index in [9.17, 15) is 16.8 Å². The van der Waals surface area contributed by atoms with Gasteiger partial charge in [-0.1, -0.05) is 6.07 Å². The predicted molar refractivity (Wildman–Crippen MR) is 114 cm³/mol. The van der Waals surface area contributed by atoms with Gasteiger partial charge in [-0.15, -0.1) is 11.3 Å². The van der Waals surface area contributed by atoms with Gasteiger partial charge < -0.3 is 9.47 Å². The maximum absolute atomic E-state index is 13.6. The van der Waals surface area contributed by atoms with Gasteiger partial charge in [0.1, 0.15) is 14.2 Å². The number of nitrogens with zero attached hydrogens (tertiary/aromatic N) is 2. The average molecular weight is 472 g/mol. The number of fused-ring (bicyclic) bond motifs is 1. The zero-order chi connectivity index (χ0) is 21.5. The van der Waals surface area contributed by atoms with Crippen molar-refractivity contribution in [1.82, 2.24) is 4.90 Å². The van der Waals surface area contributed by atoms with Gasteiger partial charge >= 0.3 is 0 Å². The molecule has 2 N–H and O–H groups in total. The fourth-order valence-corrected chi connectivity index (χ4v) is 7.50. The number of thiophene rings is 1. The maximum Gasteiger partial charge on any atom is 0.278 e. The number of sulfonamides is 2. The van der Waals surface area contributed by atoms with Crippen molar-refractivity contribution >= 4 is 43.1 Å². The Morgan fingerprint density at radius 2 is 1.97 bits per heavy atom. The van der Waals surface area contributed by atoms with E-state index in [1.54, 1.807) is 30.3 Å².